The van der Waals surface area contributed by atoms with Crippen molar-refractivity contribution in [1.82, 2.24) is 15.4 Å². The molecule has 6 rings (SSSR count). The Morgan fingerprint density at radius 2 is 1.68 bits per heavy atom. The fourth-order valence-electron chi connectivity index (χ4n) is 5.39. The Labute approximate surface area is 255 Å². The maximum atomic E-state index is 13.5. The first-order chi connectivity index (χ1) is 21.6. The van der Waals surface area contributed by atoms with Gasteiger partial charge >= 0.3 is 0 Å². The number of carbonyl (C=O) groups is 1. The second-order valence-corrected chi connectivity index (χ2v) is 10.1. The Hall–Kier alpha value is -5.77. The summed E-state index contributed by atoms with van der Waals surface area (Å²) in [6, 6.07) is 26.9. The summed E-state index contributed by atoms with van der Waals surface area (Å²) >= 11 is 0. The van der Waals surface area contributed by atoms with Gasteiger partial charge in [0, 0.05) is 49.2 Å². The molecule has 218 valence electrons. The zero-order valence-electron chi connectivity index (χ0n) is 24.1. The first-order valence-corrected chi connectivity index (χ1v) is 14.1. The lowest BCUT2D eigenvalue weighted by Crippen LogP contribution is -2.53. The Kier molecular flexibility index (Phi) is 8.13. The van der Waals surface area contributed by atoms with E-state index in [9.17, 15) is 10.1 Å². The number of nitriles is 1. The summed E-state index contributed by atoms with van der Waals surface area (Å²) in [7, 11) is 1.55. The molecule has 0 atom stereocenters. The molecule has 44 heavy (non-hydrogen) atoms. The number of terminal acetylenes is 1. The lowest BCUT2D eigenvalue weighted by molar-refractivity contribution is 0.0775. The molecule has 5 aromatic rings. The van der Waals surface area contributed by atoms with Crippen molar-refractivity contribution in [3.63, 3.8) is 0 Å². The van der Waals surface area contributed by atoms with E-state index in [4.69, 9.17) is 20.6 Å². The van der Waals surface area contributed by atoms with E-state index in [0.717, 1.165) is 21.8 Å². The number of carbonyl (C=O) groups excluding carboxylic acids is 1. The molecule has 1 N–H and O–H groups in total. The quantitative estimate of drug-likeness (QED) is 0.238. The normalized spacial score (nSPS) is 13.2. The molecule has 0 bridgehead atoms. The van der Waals surface area contributed by atoms with Crippen LogP contribution in [0.25, 0.3) is 21.7 Å². The monoisotopic (exact) mass is 583 g/mol. The van der Waals surface area contributed by atoms with Gasteiger partial charge in [-0.25, -0.2) is 5.01 Å². The van der Waals surface area contributed by atoms with E-state index >= 15 is 0 Å². The fraction of sp³-hybridized carbons (Fsp3) is 0.171. The summed E-state index contributed by atoms with van der Waals surface area (Å²) in [4.78, 5) is 20.1. The maximum Gasteiger partial charge on any atom is 0.269 e. The van der Waals surface area contributed by atoms with E-state index in [0.29, 0.717) is 65.8 Å². The van der Waals surface area contributed by atoms with Gasteiger partial charge in [-0.3, -0.25) is 15.2 Å². The lowest BCUT2D eigenvalue weighted by atomic mass is 10.1. The van der Waals surface area contributed by atoms with Crippen LogP contribution in [0.4, 0.5) is 5.69 Å². The largest absolute Gasteiger partial charge is 0.493 e. The number of pyridine rings is 1. The highest BCUT2D eigenvalue weighted by Crippen LogP contribution is 2.38. The zero-order chi connectivity index (χ0) is 30.5. The maximum absolute atomic E-state index is 13.5. The average molecular weight is 584 g/mol. The molecule has 9 nitrogen and oxygen atoms in total. The van der Waals surface area contributed by atoms with Gasteiger partial charge in [0.2, 0.25) is 0 Å². The first kappa shape index (κ1) is 28.4. The van der Waals surface area contributed by atoms with E-state index in [-0.39, 0.29) is 12.5 Å². The van der Waals surface area contributed by atoms with Crippen LogP contribution in [-0.4, -0.2) is 55.8 Å². The number of fused-ring (bicyclic) bond motifs is 2. The number of anilines is 1. The molecule has 0 radical (unpaired) electrons. The van der Waals surface area contributed by atoms with Crippen molar-refractivity contribution in [2.45, 2.75) is 0 Å². The number of para-hydroxylation sites is 1. The number of nitrogens with zero attached hydrogens (tertiary/aromatic N) is 4. The van der Waals surface area contributed by atoms with Gasteiger partial charge in [-0.2, -0.15) is 5.26 Å². The Bertz CT molecular complexity index is 1930. The van der Waals surface area contributed by atoms with Crippen LogP contribution in [0, 0.1) is 23.7 Å². The van der Waals surface area contributed by atoms with Crippen LogP contribution < -0.4 is 24.5 Å². The first-order valence-electron chi connectivity index (χ1n) is 14.1. The number of hydrazine groups is 1. The summed E-state index contributed by atoms with van der Waals surface area (Å²) < 4.78 is 17.5. The third kappa shape index (κ3) is 5.65. The van der Waals surface area contributed by atoms with Gasteiger partial charge in [0.25, 0.3) is 5.91 Å². The van der Waals surface area contributed by atoms with Crippen molar-refractivity contribution in [2.24, 2.45) is 0 Å². The summed E-state index contributed by atoms with van der Waals surface area (Å²) in [6.45, 7) is 2.30. The van der Waals surface area contributed by atoms with E-state index in [1.807, 2.05) is 65.7 Å². The number of piperazine rings is 1. The van der Waals surface area contributed by atoms with Crippen molar-refractivity contribution in [3.8, 4) is 41.4 Å². The molecule has 4 aromatic carbocycles. The molecule has 0 saturated carbocycles. The Balaban J connectivity index is 1.19. The number of amides is 1. The SMILES string of the molecule is C#CCOc1cc2ncc(C#N)c(N3CCN(NC(=O)c4ccccc4Oc4cccc5ccccc45)CC3)c2cc1OC. The van der Waals surface area contributed by atoms with Crippen LogP contribution in [0.2, 0.25) is 0 Å². The van der Waals surface area contributed by atoms with Crippen LogP contribution >= 0.6 is 0 Å². The summed E-state index contributed by atoms with van der Waals surface area (Å²) in [6.07, 6.45) is 6.93. The molecule has 2 heterocycles. The van der Waals surface area contributed by atoms with Gasteiger partial charge in [0.1, 0.15) is 24.2 Å². The highest BCUT2D eigenvalue weighted by molar-refractivity contribution is 5.98. The number of benzene rings is 4. The van der Waals surface area contributed by atoms with Crippen molar-refractivity contribution in [3.05, 3.63) is 96.2 Å². The molecule has 1 aliphatic rings. The van der Waals surface area contributed by atoms with Crippen LogP contribution in [-0.2, 0) is 0 Å². The molecular formula is C35H29N5O4. The lowest BCUT2D eigenvalue weighted by Gasteiger charge is -2.36. The van der Waals surface area contributed by atoms with Crippen molar-refractivity contribution >= 4 is 33.3 Å². The third-order valence-electron chi connectivity index (χ3n) is 7.51. The molecule has 1 fully saturated rings. The van der Waals surface area contributed by atoms with Gasteiger partial charge in [0.05, 0.1) is 29.4 Å². The smallest absolute Gasteiger partial charge is 0.269 e. The average Bonchev–Trinajstić information content (AvgIpc) is 3.07. The van der Waals surface area contributed by atoms with Crippen LogP contribution in [0.15, 0.2) is 85.1 Å². The predicted molar refractivity (Wildman–Crippen MR) is 169 cm³/mol. The topological polar surface area (TPSA) is 100.0 Å². The minimum Gasteiger partial charge on any atom is -0.493 e. The second-order valence-electron chi connectivity index (χ2n) is 10.1. The van der Waals surface area contributed by atoms with E-state index < -0.39 is 0 Å². The molecule has 1 saturated heterocycles. The van der Waals surface area contributed by atoms with Gasteiger partial charge in [0.15, 0.2) is 11.5 Å². The Morgan fingerprint density at radius 1 is 0.932 bits per heavy atom. The number of ether oxygens (including phenoxy) is 3. The van der Waals surface area contributed by atoms with Gasteiger partial charge in [-0.05, 0) is 29.7 Å². The molecule has 0 aliphatic carbocycles. The minimum atomic E-state index is -0.259. The highest BCUT2D eigenvalue weighted by atomic mass is 16.5. The summed E-state index contributed by atoms with van der Waals surface area (Å²) in [5.74, 6) is 4.34. The second kappa shape index (κ2) is 12.6. The van der Waals surface area contributed by atoms with Crippen molar-refractivity contribution < 1.29 is 19.0 Å². The zero-order valence-corrected chi connectivity index (χ0v) is 24.1. The molecule has 1 amide bonds. The van der Waals surface area contributed by atoms with E-state index in [1.54, 1.807) is 31.5 Å². The summed E-state index contributed by atoms with van der Waals surface area (Å²) in [5, 5.41) is 14.6. The van der Waals surface area contributed by atoms with Crippen LogP contribution in [0.5, 0.6) is 23.0 Å². The number of aromatic nitrogens is 1. The minimum absolute atomic E-state index is 0.0957. The van der Waals surface area contributed by atoms with Gasteiger partial charge < -0.3 is 19.1 Å². The fourth-order valence-corrected chi connectivity index (χ4v) is 5.39. The van der Waals surface area contributed by atoms with Gasteiger partial charge in [-0.15, -0.1) is 6.42 Å². The number of methoxy groups -OCH3 is 1. The highest BCUT2D eigenvalue weighted by Gasteiger charge is 2.25. The molecule has 0 unspecified atom stereocenters. The van der Waals surface area contributed by atoms with Crippen molar-refractivity contribution in [2.75, 3.05) is 44.8 Å². The number of nitrogens with one attached hydrogen (secondary N) is 1. The standard InChI is InChI=1S/C35H29N5O4/c1-3-19-43-33-21-29-28(20-32(33)42-2)34(25(22-36)23-37-29)39-15-17-40(18-16-39)38-35(41)27-12-6-7-13-31(27)44-30-14-8-10-24-9-4-5-11-26(24)30/h1,4-14,20-21,23H,15-19H2,2H3,(H,38,41). The van der Waals surface area contributed by atoms with Crippen LogP contribution in [0.1, 0.15) is 15.9 Å². The van der Waals surface area contributed by atoms with Crippen molar-refractivity contribution in [1.29, 1.82) is 5.26 Å². The molecule has 0 spiro atoms. The van der Waals surface area contributed by atoms with Crippen LogP contribution in [0.3, 0.4) is 0 Å². The molecular weight excluding hydrogens is 554 g/mol. The molecule has 1 aromatic heterocycles. The Morgan fingerprint density at radius 3 is 2.48 bits per heavy atom. The summed E-state index contributed by atoms with van der Waals surface area (Å²) in [5.41, 5.74) is 5.35. The number of hydrogen-bond acceptors (Lipinski definition) is 8. The van der Waals surface area contributed by atoms with E-state index in [1.165, 1.54) is 0 Å². The molecule has 9 heteroatoms. The molecule has 1 aliphatic heterocycles. The number of rotatable bonds is 8. The van der Waals surface area contributed by atoms with Gasteiger partial charge in [-0.1, -0.05) is 54.5 Å². The number of hydrogen-bond donors (Lipinski definition) is 1. The predicted octanol–water partition coefficient (Wildman–Crippen LogP) is 5.54. The van der Waals surface area contributed by atoms with E-state index in [2.05, 4.69) is 27.3 Å². The third-order valence-corrected chi connectivity index (χ3v) is 7.51.